The summed E-state index contributed by atoms with van der Waals surface area (Å²) in [6.07, 6.45) is 19.4. The monoisotopic (exact) mass is 1850 g/mol. The summed E-state index contributed by atoms with van der Waals surface area (Å²) in [7, 11) is 4.57. The Morgan fingerprint density at radius 3 is 1.99 bits per heavy atom. The molecule has 7 heterocycles. The van der Waals surface area contributed by atoms with Crippen molar-refractivity contribution in [1.29, 1.82) is 0 Å². The van der Waals surface area contributed by atoms with E-state index in [1.165, 1.54) is 18.3 Å². The number of methoxy groups -OCH3 is 3. The fourth-order valence-electron chi connectivity index (χ4n) is 17.3. The first-order chi connectivity index (χ1) is 63.7. The molecule has 6 N–H and O–H groups in total. The second-order valence-corrected chi connectivity index (χ2v) is 35.2. The van der Waals surface area contributed by atoms with Crippen LogP contribution in [-0.2, 0) is 118 Å². The highest BCUT2D eigenvalue weighted by Gasteiger charge is 2.53. The van der Waals surface area contributed by atoms with E-state index < -0.39 is 89.6 Å². The second kappa shape index (κ2) is 56.5. The number of rotatable bonds is 48. The van der Waals surface area contributed by atoms with Crippen molar-refractivity contribution in [2.45, 2.75) is 257 Å². The number of benzene rings is 1. The lowest BCUT2D eigenvalue weighted by Gasteiger charge is -2.42. The zero-order valence-electron chi connectivity index (χ0n) is 78.9. The number of aliphatic hydroxyl groups is 2. The molecule has 9 rings (SSSR count). The van der Waals surface area contributed by atoms with Crippen LogP contribution in [0.25, 0.3) is 33.4 Å². The molecule has 4 aliphatic rings. The summed E-state index contributed by atoms with van der Waals surface area (Å²) in [6.45, 7) is 19.1. The van der Waals surface area contributed by atoms with Gasteiger partial charge in [0.15, 0.2) is 17.0 Å². The van der Waals surface area contributed by atoms with E-state index in [4.69, 9.17) is 87.3 Å². The number of nitrogens with zero attached hydrogens (tertiary/aromatic N) is 9. The van der Waals surface area contributed by atoms with Gasteiger partial charge in [-0.15, -0.1) is 5.10 Å². The van der Waals surface area contributed by atoms with Crippen LogP contribution in [0.2, 0.25) is 0 Å². The number of carbonyl (C=O) groups is 8. The van der Waals surface area contributed by atoms with Gasteiger partial charge in [-0.2, -0.15) is 10.1 Å². The van der Waals surface area contributed by atoms with E-state index in [2.05, 4.69) is 25.3 Å². The molecule has 1 aliphatic carbocycles. The largest absolute Gasteiger partial charge is 0.460 e. The number of amides is 1. The van der Waals surface area contributed by atoms with Gasteiger partial charge in [-0.05, 0) is 151 Å². The van der Waals surface area contributed by atoms with E-state index in [1.807, 2.05) is 68.0 Å². The van der Waals surface area contributed by atoms with Crippen molar-refractivity contribution in [3.8, 4) is 11.3 Å². The molecule has 3 aliphatic heterocycles. The molecule has 1 saturated carbocycles. The number of piperidine rings is 1. The Balaban J connectivity index is 0.582. The molecule has 0 spiro atoms. The van der Waals surface area contributed by atoms with Crippen LogP contribution in [0.4, 0.5) is 11.8 Å². The van der Waals surface area contributed by atoms with Gasteiger partial charge in [0.25, 0.3) is 17.7 Å². The molecule has 36 heteroatoms. The Morgan fingerprint density at radius 1 is 0.682 bits per heavy atom. The molecular weight excluding hydrogens is 1710 g/mol. The number of aromatic nitrogens is 8. The SMILES string of the molecule is CO[C@H]1C[C@@H]2CC[C@@H](C)[C@@](O)(O2)C(=O)C(=O)N2CCCC[C@H]2C(=O)O[C@H]([C@H](C)C[C@@H]2CC[C@H](n3cc(COC(=O)CCCOCCOCCOCCOCCC(=O)CCCOCCOCCOCCOCCC(=O)CCCCCn4nc(-c5ccc6oc(N)nc6c5)c5c(N)ncnc54)nn3)[C@H](OC)C2)CC(=O)[C@H](C)/C=C(\C)[C@@H](O)[C@@H](OC)C(=O)[C@H](C)C[C@H](C)/C=C/C=C/C=C/1C. The number of nitrogens with two attached hydrogens (primary N) is 2. The van der Waals surface area contributed by atoms with Gasteiger partial charge in [0.05, 0.1) is 128 Å². The van der Waals surface area contributed by atoms with E-state index in [0.717, 1.165) is 30.4 Å². The summed E-state index contributed by atoms with van der Waals surface area (Å²) in [5.74, 6) is -8.39. The number of oxazole rings is 1. The molecule has 1 amide bonds. The minimum atomic E-state index is -2.48. The summed E-state index contributed by atoms with van der Waals surface area (Å²) < 4.78 is 89.7. The Labute approximate surface area is 774 Å². The van der Waals surface area contributed by atoms with Crippen molar-refractivity contribution in [1.82, 2.24) is 44.6 Å². The van der Waals surface area contributed by atoms with E-state index in [9.17, 15) is 48.6 Å². The Morgan fingerprint density at radius 2 is 1.33 bits per heavy atom. The number of aliphatic hydroxyl groups excluding tert-OH is 1. The number of ether oxygens (including phenoxy) is 14. The Kier molecular flexibility index (Phi) is 45.7. The Bertz CT molecular complexity index is 4570. The normalized spacial score (nSPS) is 25.9. The third-order valence-electron chi connectivity index (χ3n) is 25.0. The van der Waals surface area contributed by atoms with E-state index in [0.29, 0.717) is 253 Å². The molecule has 132 heavy (non-hydrogen) atoms. The maximum absolute atomic E-state index is 14.8. The summed E-state index contributed by atoms with van der Waals surface area (Å²) in [4.78, 5) is 124. The van der Waals surface area contributed by atoms with Gasteiger partial charge in [-0.3, -0.25) is 33.6 Å². The number of cyclic esters (lactones) is 1. The molecule has 0 unspecified atom stereocenters. The lowest BCUT2D eigenvalue weighted by molar-refractivity contribution is -0.265. The van der Waals surface area contributed by atoms with Gasteiger partial charge in [-0.1, -0.05) is 82.7 Å². The summed E-state index contributed by atoms with van der Waals surface area (Å²) in [6, 6.07) is 4.17. The lowest BCUT2D eigenvalue weighted by Crippen LogP contribution is -2.61. The number of nitrogen functional groups attached to an aromatic ring is 2. The van der Waals surface area contributed by atoms with Gasteiger partial charge in [-0.25, -0.2) is 24.1 Å². The number of esters is 2. The molecule has 15 atom stereocenters. The molecule has 2 saturated heterocycles. The summed E-state index contributed by atoms with van der Waals surface area (Å²) in [5.41, 5.74) is 16.9. The minimum absolute atomic E-state index is 0.0193. The van der Waals surface area contributed by atoms with Crippen LogP contribution in [0.5, 0.6) is 0 Å². The van der Waals surface area contributed by atoms with E-state index >= 15 is 0 Å². The first-order valence-electron chi connectivity index (χ1n) is 47.0. The van der Waals surface area contributed by atoms with Crippen LogP contribution in [0.1, 0.15) is 201 Å². The molecule has 3 fully saturated rings. The highest BCUT2D eigenvalue weighted by atomic mass is 16.6. The van der Waals surface area contributed by atoms with Gasteiger partial charge < -0.3 is 97.3 Å². The quantitative estimate of drug-likeness (QED) is 0.0122. The lowest BCUT2D eigenvalue weighted by atomic mass is 9.77. The summed E-state index contributed by atoms with van der Waals surface area (Å²) >= 11 is 0. The predicted molar refractivity (Wildman–Crippen MR) is 488 cm³/mol. The predicted octanol–water partition coefficient (Wildman–Crippen LogP) is 10.7. The fourth-order valence-corrected chi connectivity index (χ4v) is 17.3. The topological polar surface area (TPSA) is 462 Å². The van der Waals surface area contributed by atoms with Crippen molar-refractivity contribution in [3.05, 3.63) is 84.0 Å². The first-order valence-corrected chi connectivity index (χ1v) is 47.0. The van der Waals surface area contributed by atoms with E-state index in [-0.39, 0.29) is 92.0 Å². The second-order valence-electron chi connectivity index (χ2n) is 35.2. The van der Waals surface area contributed by atoms with E-state index in [1.54, 1.807) is 64.9 Å². The van der Waals surface area contributed by atoms with Crippen LogP contribution in [-0.4, -0.2) is 284 Å². The number of carbonyl (C=O) groups excluding carboxylic acids is 8. The molecule has 36 nitrogen and oxygen atoms in total. The third kappa shape index (κ3) is 33.6. The summed E-state index contributed by atoms with van der Waals surface area (Å²) in [5, 5.41) is 38.0. The number of aryl methyl sites for hydroxylation is 1. The third-order valence-corrected chi connectivity index (χ3v) is 25.0. The van der Waals surface area contributed by atoms with Crippen LogP contribution in [0.15, 0.2) is 82.7 Å². The van der Waals surface area contributed by atoms with Crippen LogP contribution >= 0.6 is 0 Å². The molecule has 4 aromatic heterocycles. The maximum atomic E-state index is 14.8. The van der Waals surface area contributed by atoms with Gasteiger partial charge in [0, 0.05) is 116 Å². The van der Waals surface area contributed by atoms with Gasteiger partial charge >= 0.3 is 11.9 Å². The number of allylic oxidation sites excluding steroid dienone is 6. The number of Topliss-reactive ketones (excluding diaryl/α,β-unsaturated/α-hetero) is 5. The van der Waals surface area contributed by atoms with Crippen LogP contribution in [0.3, 0.4) is 0 Å². The number of unbranched alkanes of at least 4 members (excludes halogenated alkanes) is 2. The first kappa shape index (κ1) is 107. The van der Waals surface area contributed by atoms with Crippen molar-refractivity contribution < 1.29 is 119 Å². The maximum Gasteiger partial charge on any atom is 0.329 e. The number of hydrogen-bond acceptors (Lipinski definition) is 33. The molecule has 732 valence electrons. The molecule has 2 bridgehead atoms. The van der Waals surface area contributed by atoms with Crippen molar-refractivity contribution in [2.24, 2.45) is 35.5 Å². The molecule has 5 aromatic rings. The smallest absolute Gasteiger partial charge is 0.329 e. The number of ketones is 5. The molecule has 0 radical (unpaired) electrons. The standard InChI is InChI=1S/C96H143N11O25/c1-63-21-13-11-14-22-64(2)81(118-8)58-75-30-27-69(7)96(117,132-75)90(114)93(115)105-35-18-16-25-78(105)94(116)130-82(59-79(110)65(3)54-68(6)88(113)89(120-10)87(112)67(5)53-63)66(4)55-70-28-31-77(83(56-70)119-9)107-60-72(102-104-107)61-129-84(111)26-20-38-122-42-46-126-50-52-128-48-44-124-40-34-74(109)24-19-37-121-41-45-125-49-51-127-47-43-123-39-33-73(108)23-15-12-17-36-106-92-85(91(97)99-62-100-92)86(103-106)71-29-32-80-76(57-71)101-95(98)131-80/h11,13-14,21-22,29,32,54,57,60,62-63,65-67,69-70,75,77-78,81-83,88-89,113,117H,12,15-20,23-28,30-31,33-53,55-56,58-59,61H2,1-10H3,(H2,98,101)(H2,97,99,100)/b14-11+,21-13+,64-22+,68-54+/t63-,65-,66-,67-,69-,70+,75+,77+,78+,81+,82+,83-,88-,89+,96-/m1/s1. The number of anilines is 2. The van der Waals surface area contributed by atoms with Crippen molar-refractivity contribution in [3.63, 3.8) is 0 Å². The van der Waals surface area contributed by atoms with Gasteiger partial charge in [0.2, 0.25) is 5.79 Å². The van der Waals surface area contributed by atoms with Gasteiger partial charge in [0.1, 0.15) is 77.4 Å². The Hall–Kier alpha value is -8.86. The molecule has 1 aromatic carbocycles. The zero-order valence-corrected chi connectivity index (χ0v) is 78.9. The minimum Gasteiger partial charge on any atom is -0.460 e. The average molecular weight is 1850 g/mol. The highest BCUT2D eigenvalue weighted by Crippen LogP contribution is 2.41. The zero-order chi connectivity index (χ0) is 94.9. The molecular formula is C96H143N11O25. The van der Waals surface area contributed by atoms with Crippen molar-refractivity contribution >= 4 is 80.7 Å². The van der Waals surface area contributed by atoms with Crippen molar-refractivity contribution in [2.75, 3.05) is 145 Å². The van der Waals surface area contributed by atoms with Crippen LogP contribution in [0, 0.1) is 35.5 Å². The number of hydrogen-bond donors (Lipinski definition) is 4. The average Bonchev–Trinajstić information content (AvgIpc) is 1.28. The fraction of sp³-hybridized carbons (Fsp3) is 0.688. The number of fused-ring (bicyclic) bond motifs is 5. The van der Waals surface area contributed by atoms with Crippen LogP contribution < -0.4 is 11.5 Å². The highest BCUT2D eigenvalue weighted by molar-refractivity contribution is 6.39.